The van der Waals surface area contributed by atoms with Gasteiger partial charge >= 0.3 is 0 Å². The number of fused-ring (bicyclic) bond motifs is 3. The lowest BCUT2D eigenvalue weighted by molar-refractivity contribution is 0.136. The summed E-state index contributed by atoms with van der Waals surface area (Å²) in [6.07, 6.45) is 6.83. The van der Waals surface area contributed by atoms with Crippen LogP contribution in [0.2, 0.25) is 0 Å². The summed E-state index contributed by atoms with van der Waals surface area (Å²) in [6, 6.07) is 6.66. The Hall–Kier alpha value is -0.980. The molecule has 3 aliphatic carbocycles. The summed E-state index contributed by atoms with van der Waals surface area (Å²) in [7, 11) is 1.73. The fourth-order valence-corrected chi connectivity index (χ4v) is 3.64. The van der Waals surface area contributed by atoms with Gasteiger partial charge in [0.25, 0.3) is 0 Å². The minimum atomic E-state index is -0.0940. The molecule has 0 atom stereocenters. The summed E-state index contributed by atoms with van der Waals surface area (Å²) in [6.45, 7) is 2.12. The molecule has 0 aromatic heterocycles. The highest BCUT2D eigenvalue weighted by Crippen LogP contribution is 2.52. The number of rotatable bonds is 2. The first-order valence-corrected chi connectivity index (χ1v) is 6.72. The van der Waals surface area contributed by atoms with E-state index in [4.69, 9.17) is 6.11 Å². The van der Waals surface area contributed by atoms with Crippen LogP contribution in [0.1, 0.15) is 51.0 Å². The van der Waals surface area contributed by atoms with Crippen LogP contribution in [0.15, 0.2) is 18.2 Å². The van der Waals surface area contributed by atoms with Gasteiger partial charge in [0, 0.05) is 1.37 Å². The molecule has 0 radical (unpaired) electrons. The normalized spacial score (nSPS) is 36.7. The first-order valence-electron chi connectivity index (χ1n) is 7.22. The third-order valence-electron chi connectivity index (χ3n) is 4.88. The Kier molecular flexibility index (Phi) is 2.38. The van der Waals surface area contributed by atoms with Gasteiger partial charge in [-0.25, -0.2) is 0 Å². The number of ether oxygens (including phenoxy) is 1. The van der Waals surface area contributed by atoms with Crippen LogP contribution in [0.5, 0.6) is 5.75 Å². The number of hydrogen-bond donors (Lipinski definition) is 0. The second-order valence-electron chi connectivity index (χ2n) is 5.71. The van der Waals surface area contributed by atoms with Crippen LogP contribution in [0.25, 0.3) is 0 Å². The van der Waals surface area contributed by atoms with Crippen molar-refractivity contribution in [3.63, 3.8) is 0 Å². The lowest BCUT2D eigenvalue weighted by atomic mass is 9.58. The van der Waals surface area contributed by atoms with Gasteiger partial charge < -0.3 is 4.74 Å². The third kappa shape index (κ3) is 1.76. The van der Waals surface area contributed by atoms with Crippen LogP contribution >= 0.6 is 0 Å². The Morgan fingerprint density at radius 2 is 1.88 bits per heavy atom. The molecule has 0 saturated heterocycles. The summed E-state index contributed by atoms with van der Waals surface area (Å²) in [5, 5.41) is 0. The number of hydrogen-bond acceptors (Lipinski definition) is 1. The van der Waals surface area contributed by atoms with E-state index in [1.54, 1.807) is 7.11 Å². The first kappa shape index (κ1) is 9.99. The zero-order valence-corrected chi connectivity index (χ0v) is 10.9. The highest BCUT2D eigenvalue weighted by atomic mass is 16.5. The van der Waals surface area contributed by atoms with E-state index in [2.05, 4.69) is 25.1 Å². The smallest absolute Gasteiger partial charge is 0.121 e. The molecule has 3 fully saturated rings. The van der Waals surface area contributed by atoms with Gasteiger partial charge in [0.15, 0.2) is 0 Å². The molecule has 1 aromatic carbocycles. The van der Waals surface area contributed by atoms with Crippen molar-refractivity contribution in [1.82, 2.24) is 0 Å². The van der Waals surface area contributed by atoms with E-state index in [0.29, 0.717) is 5.41 Å². The molecule has 2 bridgehead atoms. The lowest BCUT2D eigenvalue weighted by Gasteiger charge is -2.47. The molecule has 0 spiro atoms. The van der Waals surface area contributed by atoms with E-state index >= 15 is 0 Å². The molecular weight excluding hydrogens is 208 g/mol. The van der Waals surface area contributed by atoms with Crippen molar-refractivity contribution in [1.29, 1.82) is 0 Å². The van der Waals surface area contributed by atoms with Gasteiger partial charge in [-0.05, 0) is 74.0 Å². The van der Waals surface area contributed by atoms with E-state index in [0.717, 1.165) is 25.0 Å². The standard InChI is InChI=1S/C16H22O/c1-12-11-14(3-4-15(12)17-2)16-8-5-13(6-9-16)7-10-16/h3-4,11,13H,5-10H2,1-2H3/i13D. The van der Waals surface area contributed by atoms with Crippen molar-refractivity contribution >= 4 is 0 Å². The van der Waals surface area contributed by atoms with Crippen LogP contribution in [0.4, 0.5) is 0 Å². The fourth-order valence-electron chi connectivity index (χ4n) is 3.64. The molecule has 0 aliphatic heterocycles. The van der Waals surface area contributed by atoms with Gasteiger partial charge in [-0.1, -0.05) is 12.1 Å². The predicted octanol–water partition coefficient (Wildman–Crippen LogP) is 4.23. The Morgan fingerprint density at radius 3 is 2.41 bits per heavy atom. The second kappa shape index (κ2) is 4.04. The van der Waals surface area contributed by atoms with E-state index < -0.39 is 0 Å². The van der Waals surface area contributed by atoms with Gasteiger partial charge in [-0.3, -0.25) is 0 Å². The average molecular weight is 231 g/mol. The van der Waals surface area contributed by atoms with Gasteiger partial charge in [0.2, 0.25) is 0 Å². The molecule has 92 valence electrons. The molecule has 0 heterocycles. The van der Waals surface area contributed by atoms with Crippen LogP contribution in [0, 0.1) is 12.8 Å². The Labute approximate surface area is 106 Å². The topological polar surface area (TPSA) is 9.23 Å². The van der Waals surface area contributed by atoms with Gasteiger partial charge in [-0.15, -0.1) is 0 Å². The summed E-state index contributed by atoms with van der Waals surface area (Å²) >= 11 is 0. The Bertz CT molecular complexity index is 442. The maximum absolute atomic E-state index is 8.34. The molecular formula is C16H22O. The SMILES string of the molecule is [2H]C12CCC(c3ccc(OC)c(C)c3)(CC1)CC2. The Balaban J connectivity index is 1.93. The van der Waals surface area contributed by atoms with Gasteiger partial charge in [-0.2, -0.15) is 0 Å². The first-order chi connectivity index (χ1) is 8.57. The van der Waals surface area contributed by atoms with Crippen LogP contribution < -0.4 is 4.74 Å². The number of aryl methyl sites for hydroxylation is 1. The monoisotopic (exact) mass is 231 g/mol. The molecule has 0 unspecified atom stereocenters. The lowest BCUT2D eigenvalue weighted by Crippen LogP contribution is -2.37. The van der Waals surface area contributed by atoms with Crippen molar-refractivity contribution in [2.75, 3.05) is 7.11 Å². The van der Waals surface area contributed by atoms with E-state index in [9.17, 15) is 0 Å². The molecule has 17 heavy (non-hydrogen) atoms. The fraction of sp³-hybridized carbons (Fsp3) is 0.625. The maximum atomic E-state index is 8.34. The molecule has 0 amide bonds. The number of benzene rings is 1. The molecule has 1 heteroatoms. The van der Waals surface area contributed by atoms with Crippen LogP contribution in [0.3, 0.4) is 0 Å². The van der Waals surface area contributed by atoms with Crippen LogP contribution in [-0.4, -0.2) is 7.11 Å². The molecule has 1 nitrogen and oxygen atoms in total. The van der Waals surface area contributed by atoms with Crippen molar-refractivity contribution in [3.05, 3.63) is 29.3 Å². The highest BCUT2D eigenvalue weighted by Gasteiger charge is 2.41. The zero-order valence-electron chi connectivity index (χ0n) is 11.9. The molecule has 1 aromatic rings. The van der Waals surface area contributed by atoms with Crippen molar-refractivity contribution in [2.24, 2.45) is 5.89 Å². The molecule has 4 rings (SSSR count). The average Bonchev–Trinajstić information content (AvgIpc) is 2.40. The van der Waals surface area contributed by atoms with Gasteiger partial charge in [0.1, 0.15) is 5.75 Å². The van der Waals surface area contributed by atoms with E-state index in [1.165, 1.54) is 30.4 Å². The summed E-state index contributed by atoms with van der Waals surface area (Å²) in [4.78, 5) is 0. The third-order valence-corrected chi connectivity index (χ3v) is 4.88. The van der Waals surface area contributed by atoms with Crippen molar-refractivity contribution in [3.8, 4) is 5.75 Å². The van der Waals surface area contributed by atoms with Crippen molar-refractivity contribution in [2.45, 2.75) is 50.9 Å². The van der Waals surface area contributed by atoms with Crippen molar-refractivity contribution < 1.29 is 6.11 Å². The zero-order chi connectivity index (χ0) is 12.8. The Morgan fingerprint density at radius 1 is 1.24 bits per heavy atom. The quantitative estimate of drug-likeness (QED) is 0.740. The summed E-state index contributed by atoms with van der Waals surface area (Å²) < 4.78 is 13.7. The molecule has 3 aliphatic rings. The minimum absolute atomic E-state index is 0.0940. The van der Waals surface area contributed by atoms with Crippen LogP contribution in [-0.2, 0) is 5.41 Å². The van der Waals surface area contributed by atoms with Gasteiger partial charge in [0.05, 0.1) is 7.11 Å². The maximum Gasteiger partial charge on any atom is 0.121 e. The summed E-state index contributed by atoms with van der Waals surface area (Å²) in [5.41, 5.74) is 3.07. The predicted molar refractivity (Wildman–Crippen MR) is 70.6 cm³/mol. The molecule has 3 saturated carbocycles. The number of methoxy groups -OCH3 is 1. The summed E-state index contributed by atoms with van der Waals surface area (Å²) in [5.74, 6) is 0.889. The minimum Gasteiger partial charge on any atom is -0.496 e. The molecule has 0 N–H and O–H groups in total. The van der Waals surface area contributed by atoms with E-state index in [1.807, 2.05) is 0 Å². The largest absolute Gasteiger partial charge is 0.496 e. The second-order valence-corrected chi connectivity index (χ2v) is 5.71. The highest BCUT2D eigenvalue weighted by molar-refractivity contribution is 5.40. The van der Waals surface area contributed by atoms with E-state index in [-0.39, 0.29) is 5.89 Å².